The molecule has 17 heavy (non-hydrogen) atoms. The number of nitrogens with zero attached hydrogens (tertiary/aromatic N) is 3. The van der Waals surface area contributed by atoms with Crippen molar-refractivity contribution in [3.05, 3.63) is 40.4 Å². The van der Waals surface area contributed by atoms with E-state index in [9.17, 15) is 9.18 Å². The van der Waals surface area contributed by atoms with E-state index < -0.39 is 11.7 Å². The first kappa shape index (κ1) is 11.5. The Morgan fingerprint density at radius 3 is 2.82 bits per heavy atom. The van der Waals surface area contributed by atoms with E-state index in [-0.39, 0.29) is 16.5 Å². The molecule has 2 aromatic rings. The molecule has 0 saturated heterocycles. The van der Waals surface area contributed by atoms with Gasteiger partial charge < -0.3 is 5.73 Å². The number of nitrogens with two attached hydrogens (primary N) is 1. The van der Waals surface area contributed by atoms with Gasteiger partial charge in [-0.25, -0.2) is 4.39 Å². The molecule has 0 fully saturated rings. The van der Waals surface area contributed by atoms with Crippen LogP contribution in [-0.4, -0.2) is 20.7 Å². The molecule has 0 radical (unpaired) electrons. The lowest BCUT2D eigenvalue weighted by molar-refractivity contribution is 0.0944. The summed E-state index contributed by atoms with van der Waals surface area (Å²) in [6, 6.07) is 2.65. The minimum absolute atomic E-state index is 0.0462. The van der Waals surface area contributed by atoms with E-state index >= 15 is 0 Å². The number of aryl methyl sites for hydroxylation is 1. The van der Waals surface area contributed by atoms with E-state index in [4.69, 9.17) is 17.3 Å². The summed E-state index contributed by atoms with van der Waals surface area (Å²) in [5.41, 5.74) is 5.75. The Kier molecular flexibility index (Phi) is 2.81. The van der Waals surface area contributed by atoms with Crippen LogP contribution in [0.2, 0.25) is 5.02 Å². The van der Waals surface area contributed by atoms with E-state index in [1.807, 2.05) is 0 Å². The minimum atomic E-state index is -0.744. The Balaban J connectivity index is 2.59. The molecule has 0 aliphatic heterocycles. The number of carbonyl (C=O) groups is 1. The number of hydrogen-bond acceptors (Lipinski definition) is 4. The highest BCUT2D eigenvalue weighted by Gasteiger charge is 2.21. The van der Waals surface area contributed by atoms with Gasteiger partial charge >= 0.3 is 0 Å². The van der Waals surface area contributed by atoms with E-state index in [1.54, 1.807) is 6.92 Å². The normalized spacial score (nSPS) is 10.5. The summed E-state index contributed by atoms with van der Waals surface area (Å²) in [6.45, 7) is 1.67. The molecular formula is C10H8ClFN4O. The third-order valence-corrected chi connectivity index (χ3v) is 2.75. The number of aromatic nitrogens is 3. The van der Waals surface area contributed by atoms with Crippen LogP contribution in [0.4, 0.5) is 10.3 Å². The minimum Gasteiger partial charge on any atom is -0.368 e. The average molecular weight is 255 g/mol. The Hall–Kier alpha value is -1.95. The number of benzene rings is 1. The molecular weight excluding hydrogens is 247 g/mol. The Labute approximate surface area is 101 Å². The predicted molar refractivity (Wildman–Crippen MR) is 60.3 cm³/mol. The van der Waals surface area contributed by atoms with Crippen molar-refractivity contribution in [2.24, 2.45) is 0 Å². The number of carbonyl (C=O) groups excluding carboxylic acids is 1. The lowest BCUT2D eigenvalue weighted by Gasteiger charge is -2.07. The summed E-state index contributed by atoms with van der Waals surface area (Å²) >= 11 is 5.90. The molecule has 0 saturated carbocycles. The summed E-state index contributed by atoms with van der Waals surface area (Å²) in [7, 11) is 0. The molecule has 0 atom stereocenters. The van der Waals surface area contributed by atoms with Crippen molar-refractivity contribution >= 4 is 23.5 Å². The van der Waals surface area contributed by atoms with Gasteiger partial charge in [0.25, 0.3) is 5.91 Å². The highest BCUT2D eigenvalue weighted by molar-refractivity contribution is 6.34. The fourth-order valence-electron chi connectivity index (χ4n) is 1.37. The second-order valence-corrected chi connectivity index (χ2v) is 3.77. The van der Waals surface area contributed by atoms with Crippen molar-refractivity contribution in [3.63, 3.8) is 0 Å². The van der Waals surface area contributed by atoms with Crippen molar-refractivity contribution in [1.82, 2.24) is 14.8 Å². The van der Waals surface area contributed by atoms with Crippen molar-refractivity contribution in [2.45, 2.75) is 6.92 Å². The van der Waals surface area contributed by atoms with Crippen LogP contribution in [0, 0.1) is 12.7 Å². The number of nitrogen functional groups attached to an aromatic ring is 1. The van der Waals surface area contributed by atoms with Crippen LogP contribution < -0.4 is 5.73 Å². The first-order valence-electron chi connectivity index (χ1n) is 4.67. The fourth-order valence-corrected chi connectivity index (χ4v) is 1.60. The smallest absolute Gasteiger partial charge is 0.285 e. The molecule has 0 aliphatic rings. The zero-order valence-corrected chi connectivity index (χ0v) is 9.57. The maximum atomic E-state index is 13.6. The van der Waals surface area contributed by atoms with Crippen LogP contribution in [-0.2, 0) is 0 Å². The fraction of sp³-hybridized carbons (Fsp3) is 0.100. The first-order chi connectivity index (χ1) is 8.02. The van der Waals surface area contributed by atoms with Crippen molar-refractivity contribution in [1.29, 1.82) is 0 Å². The van der Waals surface area contributed by atoms with E-state index in [2.05, 4.69) is 10.1 Å². The van der Waals surface area contributed by atoms with Gasteiger partial charge in [0.1, 0.15) is 12.1 Å². The van der Waals surface area contributed by atoms with Gasteiger partial charge in [-0.2, -0.15) is 14.8 Å². The molecule has 1 heterocycles. The van der Waals surface area contributed by atoms with Gasteiger partial charge in [-0.3, -0.25) is 4.79 Å². The van der Waals surface area contributed by atoms with E-state index in [0.717, 1.165) is 11.0 Å². The molecule has 0 bridgehead atoms. The third-order valence-electron chi connectivity index (χ3n) is 2.26. The molecule has 88 valence electrons. The maximum Gasteiger partial charge on any atom is 0.285 e. The van der Waals surface area contributed by atoms with Crippen LogP contribution in [0.5, 0.6) is 0 Å². The number of rotatable bonds is 1. The molecule has 0 aliphatic carbocycles. The molecule has 2 N–H and O–H groups in total. The van der Waals surface area contributed by atoms with Gasteiger partial charge in [0.2, 0.25) is 5.95 Å². The van der Waals surface area contributed by atoms with Crippen LogP contribution >= 0.6 is 11.6 Å². The van der Waals surface area contributed by atoms with E-state index in [0.29, 0.717) is 5.56 Å². The van der Waals surface area contributed by atoms with Crippen molar-refractivity contribution in [3.8, 4) is 0 Å². The first-order valence-corrected chi connectivity index (χ1v) is 5.05. The number of halogens is 2. The molecule has 1 aromatic carbocycles. The standard InChI is InChI=1S/C10H8ClFN4O/c1-5-2-3-6(12)7(8(5)11)9(17)16-10(13)14-4-15-16/h2-4H,1H3,(H2,13,14,15). The van der Waals surface area contributed by atoms with Gasteiger partial charge in [0.15, 0.2) is 0 Å². The van der Waals surface area contributed by atoms with Gasteiger partial charge in [0.05, 0.1) is 10.6 Å². The molecule has 5 nitrogen and oxygen atoms in total. The summed E-state index contributed by atoms with van der Waals surface area (Å²) in [5.74, 6) is -1.58. The van der Waals surface area contributed by atoms with E-state index in [1.165, 1.54) is 12.1 Å². The van der Waals surface area contributed by atoms with Crippen molar-refractivity contribution in [2.75, 3.05) is 5.73 Å². The second-order valence-electron chi connectivity index (χ2n) is 3.39. The Morgan fingerprint density at radius 2 is 2.24 bits per heavy atom. The second kappa shape index (κ2) is 4.14. The summed E-state index contributed by atoms with van der Waals surface area (Å²) < 4.78 is 14.4. The van der Waals surface area contributed by atoms with Gasteiger partial charge in [-0.15, -0.1) is 0 Å². The number of anilines is 1. The molecule has 0 spiro atoms. The highest BCUT2D eigenvalue weighted by Crippen LogP contribution is 2.24. The monoisotopic (exact) mass is 254 g/mol. The van der Waals surface area contributed by atoms with Gasteiger partial charge in [-0.1, -0.05) is 17.7 Å². The zero-order chi connectivity index (χ0) is 12.6. The molecule has 7 heteroatoms. The summed E-state index contributed by atoms with van der Waals surface area (Å²) in [4.78, 5) is 15.6. The zero-order valence-electron chi connectivity index (χ0n) is 8.82. The van der Waals surface area contributed by atoms with Crippen LogP contribution in [0.3, 0.4) is 0 Å². The lowest BCUT2D eigenvalue weighted by atomic mass is 10.1. The van der Waals surface area contributed by atoms with Crippen LogP contribution in [0.1, 0.15) is 15.9 Å². The van der Waals surface area contributed by atoms with Gasteiger partial charge in [-0.05, 0) is 18.6 Å². The molecule has 2 rings (SSSR count). The predicted octanol–water partition coefficient (Wildman–Crippen LogP) is 1.65. The summed E-state index contributed by atoms with van der Waals surface area (Å²) in [6.07, 6.45) is 1.11. The molecule has 1 aromatic heterocycles. The average Bonchev–Trinajstić information content (AvgIpc) is 2.70. The topological polar surface area (TPSA) is 73.8 Å². The highest BCUT2D eigenvalue weighted by atomic mass is 35.5. The van der Waals surface area contributed by atoms with Gasteiger partial charge in [0, 0.05) is 0 Å². The lowest BCUT2D eigenvalue weighted by Crippen LogP contribution is -2.18. The number of hydrogen-bond donors (Lipinski definition) is 1. The maximum absolute atomic E-state index is 13.6. The van der Waals surface area contributed by atoms with Crippen molar-refractivity contribution < 1.29 is 9.18 Å². The van der Waals surface area contributed by atoms with Crippen LogP contribution in [0.15, 0.2) is 18.5 Å². The van der Waals surface area contributed by atoms with Crippen LogP contribution in [0.25, 0.3) is 0 Å². The molecule has 0 amide bonds. The summed E-state index contributed by atoms with van der Waals surface area (Å²) in [5, 5.41) is 3.66. The Bertz CT molecular complexity index is 596. The third kappa shape index (κ3) is 1.87. The largest absolute Gasteiger partial charge is 0.368 e. The Morgan fingerprint density at radius 1 is 1.53 bits per heavy atom. The quantitative estimate of drug-likeness (QED) is 0.840. The SMILES string of the molecule is Cc1ccc(F)c(C(=O)n2ncnc2N)c1Cl. The molecule has 0 unspecified atom stereocenters.